The van der Waals surface area contributed by atoms with Crippen molar-refractivity contribution in [3.63, 3.8) is 0 Å². The molecule has 2 aromatic carbocycles. The number of pyridine rings is 1. The number of rotatable bonds is 6. The van der Waals surface area contributed by atoms with Crippen LogP contribution in [-0.2, 0) is 0 Å². The van der Waals surface area contributed by atoms with E-state index in [0.717, 1.165) is 48.1 Å². The number of carbonyl (C=O) groups excluding carboxylic acids is 1. The monoisotopic (exact) mass is 447 g/mol. The van der Waals surface area contributed by atoms with E-state index in [1.807, 2.05) is 32.3 Å². The van der Waals surface area contributed by atoms with E-state index in [1.54, 1.807) is 19.1 Å². The summed E-state index contributed by atoms with van der Waals surface area (Å²) in [5.74, 6) is 0.596. The van der Waals surface area contributed by atoms with Crippen LogP contribution in [0.4, 0.5) is 17.2 Å². The molecule has 0 unspecified atom stereocenters. The van der Waals surface area contributed by atoms with Gasteiger partial charge in [0.2, 0.25) is 0 Å². The molecule has 1 heterocycles. The number of nitrogens with one attached hydrogen (secondary N) is 2. The number of nitrogens with zero attached hydrogens (tertiary/aromatic N) is 3. The lowest BCUT2D eigenvalue weighted by Gasteiger charge is -2.30. The molecule has 0 bridgehead atoms. The summed E-state index contributed by atoms with van der Waals surface area (Å²) in [6.45, 7) is 1.67. The van der Waals surface area contributed by atoms with Crippen molar-refractivity contribution < 1.29 is 9.72 Å². The van der Waals surface area contributed by atoms with Crippen LogP contribution in [0.1, 0.15) is 41.6 Å². The third kappa shape index (κ3) is 5.05. The van der Waals surface area contributed by atoms with Gasteiger partial charge in [0.25, 0.3) is 11.6 Å². The van der Waals surface area contributed by atoms with Gasteiger partial charge >= 0.3 is 0 Å². The average molecular weight is 448 g/mol. The van der Waals surface area contributed by atoms with Gasteiger partial charge in [-0.2, -0.15) is 0 Å². The van der Waals surface area contributed by atoms with E-state index in [2.05, 4.69) is 27.7 Å². The first kappa shape index (κ1) is 22.5. The van der Waals surface area contributed by atoms with E-state index in [4.69, 9.17) is 4.98 Å². The molecule has 0 spiro atoms. The van der Waals surface area contributed by atoms with Crippen molar-refractivity contribution >= 4 is 34.0 Å². The third-order valence-corrected chi connectivity index (χ3v) is 6.26. The number of amides is 1. The van der Waals surface area contributed by atoms with Crippen molar-refractivity contribution in [2.24, 2.45) is 0 Å². The minimum absolute atomic E-state index is 0.0319. The molecule has 33 heavy (non-hydrogen) atoms. The van der Waals surface area contributed by atoms with Gasteiger partial charge in [-0.25, -0.2) is 4.98 Å². The molecule has 1 amide bonds. The standard InChI is InChI=1S/C25H29N5O3/c1-16-8-9-17(14-22(16)30(32)33)25(31)27-19-12-10-18(11-13-19)26-24-15-23(29(2)3)20-6-4-5-7-21(20)28-24/h4-9,14-15,18-19H,10-13H2,1-3H3,(H,26,28)(H,27,31)/t18-,19+. The summed E-state index contributed by atoms with van der Waals surface area (Å²) in [6.07, 6.45) is 3.49. The van der Waals surface area contributed by atoms with Gasteiger partial charge in [0.05, 0.1) is 10.4 Å². The van der Waals surface area contributed by atoms with Crippen LogP contribution in [0.3, 0.4) is 0 Å². The number of hydrogen-bond acceptors (Lipinski definition) is 6. The SMILES string of the molecule is Cc1ccc(C(=O)N[C@H]2CC[C@@H](Nc3cc(N(C)C)c4ccccc4n3)CC2)cc1[N+](=O)[O-]. The van der Waals surface area contributed by atoms with E-state index in [0.29, 0.717) is 11.1 Å². The lowest BCUT2D eigenvalue weighted by molar-refractivity contribution is -0.385. The summed E-state index contributed by atoms with van der Waals surface area (Å²) in [5.41, 5.74) is 2.91. The normalized spacial score (nSPS) is 18.0. The maximum atomic E-state index is 12.6. The first-order valence-corrected chi connectivity index (χ1v) is 11.2. The van der Waals surface area contributed by atoms with Crippen LogP contribution in [-0.4, -0.2) is 42.0 Å². The molecule has 4 rings (SSSR count). The number of para-hydroxylation sites is 1. The number of anilines is 2. The molecule has 1 aliphatic carbocycles. The molecule has 0 saturated heterocycles. The fraction of sp³-hybridized carbons (Fsp3) is 0.360. The largest absolute Gasteiger partial charge is 0.377 e. The smallest absolute Gasteiger partial charge is 0.273 e. The van der Waals surface area contributed by atoms with Gasteiger partial charge in [-0.05, 0) is 44.7 Å². The topological polar surface area (TPSA) is 100 Å². The number of benzene rings is 2. The Morgan fingerprint density at radius 2 is 1.76 bits per heavy atom. The minimum Gasteiger partial charge on any atom is -0.377 e. The molecule has 1 fully saturated rings. The highest BCUT2D eigenvalue weighted by Gasteiger charge is 2.24. The zero-order valence-electron chi connectivity index (χ0n) is 19.2. The fourth-order valence-electron chi connectivity index (χ4n) is 4.41. The summed E-state index contributed by atoms with van der Waals surface area (Å²) in [4.78, 5) is 30.2. The summed E-state index contributed by atoms with van der Waals surface area (Å²) >= 11 is 0. The van der Waals surface area contributed by atoms with Crippen molar-refractivity contribution in [2.75, 3.05) is 24.3 Å². The van der Waals surface area contributed by atoms with Crippen molar-refractivity contribution in [1.82, 2.24) is 10.3 Å². The maximum Gasteiger partial charge on any atom is 0.273 e. The zero-order valence-corrected chi connectivity index (χ0v) is 19.2. The Bertz CT molecular complexity index is 1190. The molecule has 1 aliphatic rings. The number of nitro benzene ring substituents is 1. The van der Waals surface area contributed by atoms with Crippen molar-refractivity contribution in [1.29, 1.82) is 0 Å². The molecular formula is C25H29N5O3. The third-order valence-electron chi connectivity index (χ3n) is 6.26. The van der Waals surface area contributed by atoms with Crippen molar-refractivity contribution in [3.05, 3.63) is 69.8 Å². The van der Waals surface area contributed by atoms with Gasteiger partial charge in [0.1, 0.15) is 5.82 Å². The van der Waals surface area contributed by atoms with Gasteiger partial charge in [0.15, 0.2) is 0 Å². The maximum absolute atomic E-state index is 12.6. The first-order valence-electron chi connectivity index (χ1n) is 11.2. The number of fused-ring (bicyclic) bond motifs is 1. The van der Waals surface area contributed by atoms with Gasteiger partial charge < -0.3 is 15.5 Å². The lowest BCUT2D eigenvalue weighted by Crippen LogP contribution is -2.40. The van der Waals surface area contributed by atoms with Crippen LogP contribution in [0.25, 0.3) is 10.9 Å². The van der Waals surface area contributed by atoms with Gasteiger partial charge in [-0.3, -0.25) is 14.9 Å². The molecule has 8 heteroatoms. The summed E-state index contributed by atoms with van der Waals surface area (Å²) < 4.78 is 0. The summed E-state index contributed by atoms with van der Waals surface area (Å²) in [6, 6.07) is 15.1. The van der Waals surface area contributed by atoms with Gasteiger partial charge in [-0.1, -0.05) is 24.3 Å². The Kier molecular flexibility index (Phi) is 6.44. The molecule has 172 valence electrons. The molecule has 0 aliphatic heterocycles. The van der Waals surface area contributed by atoms with Crippen LogP contribution >= 0.6 is 0 Å². The van der Waals surface area contributed by atoms with Crippen LogP contribution in [0.15, 0.2) is 48.5 Å². The zero-order chi connectivity index (χ0) is 23.5. The second-order valence-corrected chi connectivity index (χ2v) is 8.86. The second-order valence-electron chi connectivity index (χ2n) is 8.86. The summed E-state index contributed by atoms with van der Waals surface area (Å²) in [5, 5.41) is 18.9. The molecule has 2 N–H and O–H groups in total. The molecule has 1 saturated carbocycles. The molecular weight excluding hydrogens is 418 g/mol. The predicted molar refractivity (Wildman–Crippen MR) is 131 cm³/mol. The quantitative estimate of drug-likeness (QED) is 0.421. The van der Waals surface area contributed by atoms with E-state index < -0.39 is 4.92 Å². The number of carbonyl (C=O) groups is 1. The summed E-state index contributed by atoms with van der Waals surface area (Å²) in [7, 11) is 4.06. The van der Waals surface area contributed by atoms with Gasteiger partial charge in [-0.15, -0.1) is 0 Å². The van der Waals surface area contributed by atoms with Crippen LogP contribution < -0.4 is 15.5 Å². The molecule has 3 aromatic rings. The Hall–Kier alpha value is -3.68. The minimum atomic E-state index is -0.453. The molecule has 1 aromatic heterocycles. The molecule has 0 atom stereocenters. The van der Waals surface area contributed by atoms with Crippen molar-refractivity contribution in [3.8, 4) is 0 Å². The van der Waals surface area contributed by atoms with Crippen LogP contribution in [0.2, 0.25) is 0 Å². The van der Waals surface area contributed by atoms with Gasteiger partial charge in [0, 0.05) is 60.5 Å². The second kappa shape index (κ2) is 9.44. The Labute approximate surface area is 193 Å². The Morgan fingerprint density at radius 1 is 1.06 bits per heavy atom. The predicted octanol–water partition coefficient (Wildman–Crippen LogP) is 4.67. The number of nitro groups is 1. The van der Waals surface area contributed by atoms with Crippen LogP contribution in [0, 0.1) is 17.0 Å². The first-order chi connectivity index (χ1) is 15.8. The van der Waals surface area contributed by atoms with Crippen molar-refractivity contribution in [2.45, 2.75) is 44.7 Å². The Morgan fingerprint density at radius 3 is 2.45 bits per heavy atom. The van der Waals surface area contributed by atoms with E-state index >= 15 is 0 Å². The fourth-order valence-corrected chi connectivity index (χ4v) is 4.41. The lowest BCUT2D eigenvalue weighted by atomic mass is 9.91. The average Bonchev–Trinajstić information content (AvgIpc) is 2.79. The number of hydrogen-bond donors (Lipinski definition) is 2. The highest BCUT2D eigenvalue weighted by molar-refractivity contribution is 5.95. The van der Waals surface area contributed by atoms with E-state index in [9.17, 15) is 14.9 Å². The van der Waals surface area contributed by atoms with E-state index in [1.165, 1.54) is 6.07 Å². The van der Waals surface area contributed by atoms with E-state index in [-0.39, 0.29) is 23.7 Å². The number of aromatic nitrogens is 1. The van der Waals surface area contributed by atoms with Crippen LogP contribution in [0.5, 0.6) is 0 Å². The highest BCUT2D eigenvalue weighted by atomic mass is 16.6. The highest BCUT2D eigenvalue weighted by Crippen LogP contribution is 2.29. The number of aryl methyl sites for hydroxylation is 1. The molecule has 0 radical (unpaired) electrons. The molecule has 8 nitrogen and oxygen atoms in total. The Balaban J connectivity index is 1.37.